The minimum atomic E-state index is -3.69. The van der Waals surface area contributed by atoms with Gasteiger partial charge in [-0.2, -0.15) is 0 Å². The van der Waals surface area contributed by atoms with Gasteiger partial charge in [0.2, 0.25) is 10.0 Å². The molecule has 0 aromatic heterocycles. The van der Waals surface area contributed by atoms with E-state index in [4.69, 9.17) is 14.6 Å². The Morgan fingerprint density at radius 3 is 2.44 bits per heavy atom. The number of nitrogens with one attached hydrogen (secondary N) is 1. The van der Waals surface area contributed by atoms with Crippen molar-refractivity contribution in [2.24, 2.45) is 5.14 Å². The summed E-state index contributed by atoms with van der Waals surface area (Å²) in [6.07, 6.45) is -0.380. The second-order valence-corrected chi connectivity index (χ2v) is 5.88. The van der Waals surface area contributed by atoms with Crippen LogP contribution in [0.2, 0.25) is 0 Å². The fourth-order valence-electron chi connectivity index (χ4n) is 1.27. The van der Waals surface area contributed by atoms with E-state index in [9.17, 15) is 8.42 Å². The van der Waals surface area contributed by atoms with Gasteiger partial charge < -0.3 is 14.8 Å². The molecule has 0 fully saturated rings. The van der Waals surface area contributed by atoms with Crippen LogP contribution in [0.5, 0.6) is 0 Å². The first-order valence-electron chi connectivity index (χ1n) is 5.00. The first kappa shape index (κ1) is 15.4. The van der Waals surface area contributed by atoms with E-state index in [0.717, 1.165) is 5.69 Å². The van der Waals surface area contributed by atoms with E-state index in [0.29, 0.717) is 11.0 Å². The molecule has 0 atom stereocenters. The Morgan fingerprint density at radius 1 is 1.39 bits per heavy atom. The minimum absolute atomic E-state index is 0.0509. The smallest absolute Gasteiger partial charge is 0.238 e. The normalized spacial score (nSPS) is 11.8. The third-order valence-corrected chi connectivity index (χ3v) is 3.82. The third-order valence-electron chi connectivity index (χ3n) is 2.25. The predicted octanol–water partition coefficient (Wildman–Crippen LogP) is 1.13. The van der Waals surface area contributed by atoms with Gasteiger partial charge in [0.05, 0.1) is 11.4 Å². The lowest BCUT2D eigenvalue weighted by atomic mass is 10.3. The van der Waals surface area contributed by atoms with Crippen LogP contribution in [0.1, 0.15) is 0 Å². The summed E-state index contributed by atoms with van der Waals surface area (Å²) in [7, 11) is -0.616. The molecule has 0 unspecified atom stereocenters. The van der Waals surface area contributed by atoms with Crippen LogP contribution in [-0.4, -0.2) is 35.5 Å². The van der Waals surface area contributed by atoms with E-state index in [-0.39, 0.29) is 11.2 Å². The van der Waals surface area contributed by atoms with Gasteiger partial charge in [0.1, 0.15) is 0 Å². The highest BCUT2D eigenvalue weighted by Gasteiger charge is 2.11. The summed E-state index contributed by atoms with van der Waals surface area (Å²) in [5, 5.41) is 8.09. The van der Waals surface area contributed by atoms with Crippen molar-refractivity contribution < 1.29 is 17.9 Å². The van der Waals surface area contributed by atoms with E-state index in [1.807, 2.05) is 0 Å². The molecule has 18 heavy (non-hydrogen) atoms. The molecule has 0 aliphatic carbocycles. The van der Waals surface area contributed by atoms with E-state index >= 15 is 0 Å². The number of rotatable bonds is 6. The van der Waals surface area contributed by atoms with Crippen LogP contribution in [-0.2, 0) is 19.5 Å². The quantitative estimate of drug-likeness (QED) is 0.758. The molecule has 3 N–H and O–H groups in total. The Balaban J connectivity index is 2.81. The highest BCUT2D eigenvalue weighted by atomic mass is 79.9. The van der Waals surface area contributed by atoms with Crippen LogP contribution in [0, 0.1) is 0 Å². The molecule has 1 aromatic rings. The van der Waals surface area contributed by atoms with Crippen LogP contribution in [0.15, 0.2) is 27.6 Å². The fraction of sp³-hybridized carbons (Fsp3) is 0.400. The third kappa shape index (κ3) is 4.21. The molecule has 0 spiro atoms. The average molecular weight is 339 g/mol. The number of halogens is 1. The standard InChI is InChI=1S/C10H15BrN2O4S/c1-16-10(17-2)6-13-9-4-3-7(5-8(9)11)18(12,14)15/h3-5,10,13H,6H2,1-2H3,(H2,12,14,15). The molecule has 102 valence electrons. The van der Waals surface area contributed by atoms with Crippen molar-refractivity contribution in [1.29, 1.82) is 0 Å². The average Bonchev–Trinajstić information content (AvgIpc) is 2.30. The van der Waals surface area contributed by atoms with Gasteiger partial charge in [-0.1, -0.05) is 0 Å². The Hall–Kier alpha value is -0.670. The largest absolute Gasteiger partial charge is 0.379 e. The highest BCUT2D eigenvalue weighted by molar-refractivity contribution is 9.10. The Morgan fingerprint density at radius 2 is 2.00 bits per heavy atom. The van der Waals surface area contributed by atoms with Crippen molar-refractivity contribution >= 4 is 31.6 Å². The number of hydrogen-bond acceptors (Lipinski definition) is 5. The molecule has 6 nitrogen and oxygen atoms in total. The second-order valence-electron chi connectivity index (χ2n) is 3.47. The summed E-state index contributed by atoms with van der Waals surface area (Å²) < 4.78 is 32.9. The fourth-order valence-corrected chi connectivity index (χ4v) is 2.48. The first-order valence-corrected chi connectivity index (χ1v) is 7.34. The van der Waals surface area contributed by atoms with Gasteiger partial charge in [0.25, 0.3) is 0 Å². The van der Waals surface area contributed by atoms with Crippen molar-refractivity contribution in [3.63, 3.8) is 0 Å². The zero-order valence-corrected chi connectivity index (χ0v) is 12.4. The summed E-state index contributed by atoms with van der Waals surface area (Å²) in [5.41, 5.74) is 0.724. The number of benzene rings is 1. The number of sulfonamides is 1. The summed E-state index contributed by atoms with van der Waals surface area (Å²) in [6, 6.07) is 4.48. The number of anilines is 1. The van der Waals surface area contributed by atoms with Crippen molar-refractivity contribution in [2.75, 3.05) is 26.1 Å². The maximum Gasteiger partial charge on any atom is 0.238 e. The summed E-state index contributed by atoms with van der Waals surface area (Å²) in [5.74, 6) is 0. The van der Waals surface area contributed by atoms with Crippen LogP contribution in [0.3, 0.4) is 0 Å². The van der Waals surface area contributed by atoms with Gasteiger partial charge in [-0.25, -0.2) is 13.6 Å². The molecule has 0 aliphatic rings. The van der Waals surface area contributed by atoms with Crippen molar-refractivity contribution in [3.8, 4) is 0 Å². The highest BCUT2D eigenvalue weighted by Crippen LogP contribution is 2.25. The van der Waals surface area contributed by atoms with Gasteiger partial charge in [-0.05, 0) is 34.1 Å². The molecular formula is C10H15BrN2O4S. The second kappa shape index (κ2) is 6.48. The molecular weight excluding hydrogens is 324 g/mol. The van der Waals surface area contributed by atoms with E-state index in [1.54, 1.807) is 6.07 Å². The van der Waals surface area contributed by atoms with Crippen LogP contribution >= 0.6 is 15.9 Å². The van der Waals surface area contributed by atoms with Gasteiger partial charge >= 0.3 is 0 Å². The van der Waals surface area contributed by atoms with Crippen molar-refractivity contribution in [3.05, 3.63) is 22.7 Å². The zero-order valence-electron chi connectivity index (χ0n) is 10.0. The Labute approximate surface area is 115 Å². The molecule has 0 heterocycles. The Bertz CT molecular complexity index is 503. The molecule has 0 saturated carbocycles. The SMILES string of the molecule is COC(CNc1ccc(S(N)(=O)=O)cc1Br)OC. The molecule has 0 amide bonds. The molecule has 1 rings (SSSR count). The molecule has 0 saturated heterocycles. The first-order chi connectivity index (χ1) is 8.38. The van der Waals surface area contributed by atoms with Crippen LogP contribution in [0.25, 0.3) is 0 Å². The molecule has 0 bridgehead atoms. The summed E-state index contributed by atoms with van der Waals surface area (Å²) in [6.45, 7) is 0.431. The van der Waals surface area contributed by atoms with Gasteiger partial charge in [-0.3, -0.25) is 0 Å². The van der Waals surface area contributed by atoms with E-state index in [2.05, 4.69) is 21.2 Å². The number of methoxy groups -OCH3 is 2. The van der Waals surface area contributed by atoms with Crippen molar-refractivity contribution in [1.82, 2.24) is 0 Å². The number of hydrogen-bond donors (Lipinski definition) is 2. The summed E-state index contributed by atoms with van der Waals surface area (Å²) >= 11 is 3.27. The lowest BCUT2D eigenvalue weighted by Crippen LogP contribution is -2.23. The number of nitrogens with two attached hydrogens (primary N) is 1. The predicted molar refractivity (Wildman–Crippen MR) is 71.8 cm³/mol. The van der Waals surface area contributed by atoms with E-state index in [1.165, 1.54) is 26.4 Å². The molecule has 8 heteroatoms. The van der Waals surface area contributed by atoms with Crippen LogP contribution < -0.4 is 10.5 Å². The molecule has 0 radical (unpaired) electrons. The van der Waals surface area contributed by atoms with E-state index < -0.39 is 10.0 Å². The minimum Gasteiger partial charge on any atom is -0.379 e. The maximum absolute atomic E-state index is 11.2. The lowest BCUT2D eigenvalue weighted by Gasteiger charge is -2.16. The number of primary sulfonamides is 1. The van der Waals surface area contributed by atoms with Gasteiger partial charge in [0, 0.05) is 24.4 Å². The van der Waals surface area contributed by atoms with Gasteiger partial charge in [0.15, 0.2) is 6.29 Å². The Kier molecular flexibility index (Phi) is 5.54. The zero-order chi connectivity index (χ0) is 13.8. The van der Waals surface area contributed by atoms with Gasteiger partial charge in [-0.15, -0.1) is 0 Å². The van der Waals surface area contributed by atoms with Crippen LogP contribution in [0.4, 0.5) is 5.69 Å². The molecule has 0 aliphatic heterocycles. The monoisotopic (exact) mass is 338 g/mol. The van der Waals surface area contributed by atoms with Crippen molar-refractivity contribution in [2.45, 2.75) is 11.2 Å². The molecule has 1 aromatic carbocycles. The number of ether oxygens (including phenoxy) is 2. The lowest BCUT2D eigenvalue weighted by molar-refractivity contribution is -0.0914. The topological polar surface area (TPSA) is 90.6 Å². The maximum atomic E-state index is 11.2. The summed E-state index contributed by atoms with van der Waals surface area (Å²) in [4.78, 5) is 0.0509.